The number of imide groups is 1. The van der Waals surface area contributed by atoms with E-state index in [0.717, 1.165) is 30.8 Å². The molecule has 3 saturated heterocycles. The fraction of sp³-hybridized carbons (Fsp3) is 0.465. The van der Waals surface area contributed by atoms with Crippen LogP contribution in [0, 0.1) is 11.3 Å². The number of nitriles is 1. The highest BCUT2D eigenvalue weighted by Gasteiger charge is 2.52. The number of thiol groups is 1. The first-order valence-corrected chi connectivity index (χ1v) is 20.5. The van der Waals surface area contributed by atoms with E-state index in [1.165, 1.54) is 11.0 Å². The third kappa shape index (κ3) is 9.51. The van der Waals surface area contributed by atoms with Gasteiger partial charge in [-0.1, -0.05) is 19.9 Å². The second-order valence-corrected chi connectivity index (χ2v) is 16.9. The van der Waals surface area contributed by atoms with Crippen molar-refractivity contribution < 1.29 is 37.1 Å². The lowest BCUT2D eigenvalue weighted by atomic mass is 9.98. The summed E-state index contributed by atoms with van der Waals surface area (Å²) in [6.45, 7) is 14.3. The number of piperazine rings is 1. The third-order valence-electron chi connectivity index (χ3n) is 11.3. The van der Waals surface area contributed by atoms with Gasteiger partial charge in [0.2, 0.25) is 17.7 Å². The number of carbonyl (C=O) groups excluding carboxylic acids is 4. The molecule has 0 saturated carbocycles. The van der Waals surface area contributed by atoms with Gasteiger partial charge in [-0.15, -0.1) is 12.6 Å². The van der Waals surface area contributed by atoms with E-state index in [1.807, 2.05) is 32.0 Å². The second-order valence-electron chi connectivity index (χ2n) is 16.4. The van der Waals surface area contributed by atoms with Crippen molar-refractivity contribution in [3.8, 4) is 11.8 Å². The van der Waals surface area contributed by atoms with Gasteiger partial charge in [-0.05, 0) is 100 Å². The predicted molar refractivity (Wildman–Crippen MR) is 226 cm³/mol. The minimum absolute atomic E-state index is 0.0115. The summed E-state index contributed by atoms with van der Waals surface area (Å²) in [5.41, 5.74) is -0.978. The van der Waals surface area contributed by atoms with Gasteiger partial charge in [0.15, 0.2) is 5.50 Å². The number of alkyl halides is 3. The lowest BCUT2D eigenvalue weighted by molar-refractivity contribution is -0.138. The molecule has 0 spiro atoms. The zero-order valence-corrected chi connectivity index (χ0v) is 35.4. The van der Waals surface area contributed by atoms with Gasteiger partial charge in [0.05, 0.1) is 23.7 Å². The Morgan fingerprint density at radius 3 is 2.35 bits per heavy atom. The molecule has 3 fully saturated rings. The normalized spacial score (nSPS) is 22.5. The molecule has 320 valence electrons. The number of nitrogens with one attached hydrogen (secondary N) is 3. The molecule has 3 heterocycles. The number of hydrogen-bond acceptors (Lipinski definition) is 11. The molecular weight excluding hydrogens is 798 g/mol. The standard InChI is InChI=1S/C43H51F3N8O5S/c1-25(2)33-19-32(54-41(60)53(40(58)42(54,5)6)31-11-10-28(21-47)34(20-31)43(44,45)46)12-14-36(33)59-17-16-51-22-26(3)52(27(4)23-51)24-38(56)49-30-9-7-8-29(18-30)48-35-13-15-37(55)50-39(35)57/h7-12,14,18-20,25-27,35,41,48,60H,13,15-17,22-24H2,1-6H3,(H,49,56)(H,50,55,57)/t26-,27+,35?,41?. The zero-order valence-electron chi connectivity index (χ0n) is 34.5. The van der Waals surface area contributed by atoms with Crippen molar-refractivity contribution in [1.29, 1.82) is 5.26 Å². The van der Waals surface area contributed by atoms with Gasteiger partial charge in [0.25, 0.3) is 5.91 Å². The summed E-state index contributed by atoms with van der Waals surface area (Å²) in [5.74, 6) is -0.540. The highest BCUT2D eigenvalue weighted by atomic mass is 32.1. The number of piperidine rings is 1. The molecule has 6 rings (SSSR count). The molecule has 3 N–H and O–H groups in total. The van der Waals surface area contributed by atoms with Gasteiger partial charge in [0.1, 0.15) is 23.9 Å². The Morgan fingerprint density at radius 2 is 1.70 bits per heavy atom. The first-order chi connectivity index (χ1) is 28.3. The van der Waals surface area contributed by atoms with Crippen LogP contribution >= 0.6 is 12.6 Å². The molecule has 0 aromatic heterocycles. The van der Waals surface area contributed by atoms with Gasteiger partial charge in [-0.2, -0.15) is 18.4 Å². The number of nitrogens with zero attached hydrogens (tertiary/aromatic N) is 5. The highest BCUT2D eigenvalue weighted by Crippen LogP contribution is 2.44. The van der Waals surface area contributed by atoms with Gasteiger partial charge < -0.3 is 20.3 Å². The summed E-state index contributed by atoms with van der Waals surface area (Å²) >= 11 is 4.75. The topological polar surface area (TPSA) is 150 Å². The van der Waals surface area contributed by atoms with E-state index in [1.54, 1.807) is 49.1 Å². The molecule has 60 heavy (non-hydrogen) atoms. The molecule has 3 aliphatic heterocycles. The van der Waals surface area contributed by atoms with Crippen LogP contribution in [-0.4, -0.2) is 95.4 Å². The van der Waals surface area contributed by atoms with Crippen LogP contribution in [0.5, 0.6) is 5.75 Å². The lowest BCUT2D eigenvalue weighted by Crippen LogP contribution is -2.58. The monoisotopic (exact) mass is 848 g/mol. The van der Waals surface area contributed by atoms with Crippen LogP contribution in [0.15, 0.2) is 60.7 Å². The van der Waals surface area contributed by atoms with Crippen LogP contribution in [-0.2, 0) is 25.4 Å². The molecule has 0 radical (unpaired) electrons. The van der Waals surface area contributed by atoms with Crippen LogP contribution in [0.1, 0.15) is 77.0 Å². The molecule has 17 heteroatoms. The first kappa shape index (κ1) is 44.2. The Kier molecular flexibility index (Phi) is 13.1. The number of ether oxygens (including phenoxy) is 1. The number of benzene rings is 3. The lowest BCUT2D eigenvalue weighted by Gasteiger charge is -2.44. The minimum Gasteiger partial charge on any atom is -0.492 e. The van der Waals surface area contributed by atoms with Crippen molar-refractivity contribution in [2.45, 2.75) is 95.6 Å². The molecule has 0 aliphatic carbocycles. The number of anilines is 4. The maximum atomic E-state index is 13.8. The number of rotatable bonds is 12. The van der Waals surface area contributed by atoms with Gasteiger partial charge in [-0.3, -0.25) is 39.2 Å². The Bertz CT molecular complexity index is 2170. The Labute approximate surface area is 353 Å². The predicted octanol–water partition coefficient (Wildman–Crippen LogP) is 6.17. The first-order valence-electron chi connectivity index (χ1n) is 20.0. The minimum atomic E-state index is -4.78. The third-order valence-corrected chi connectivity index (χ3v) is 11.8. The van der Waals surface area contributed by atoms with E-state index in [2.05, 4.69) is 39.6 Å². The summed E-state index contributed by atoms with van der Waals surface area (Å²) < 4.78 is 47.9. The Balaban J connectivity index is 1.05. The molecule has 4 atom stereocenters. The Hall–Kier alpha value is -5.31. The van der Waals surface area contributed by atoms with E-state index in [9.17, 15) is 37.6 Å². The average Bonchev–Trinajstić information content (AvgIpc) is 3.35. The van der Waals surface area contributed by atoms with Gasteiger partial charge >= 0.3 is 6.18 Å². The van der Waals surface area contributed by atoms with Gasteiger partial charge in [-0.25, -0.2) is 0 Å². The summed E-state index contributed by atoms with van der Waals surface area (Å²) in [4.78, 5) is 58.2. The van der Waals surface area contributed by atoms with Crippen molar-refractivity contribution in [3.05, 3.63) is 77.4 Å². The number of carbonyl (C=O) groups is 4. The van der Waals surface area contributed by atoms with Crippen molar-refractivity contribution in [3.63, 3.8) is 0 Å². The Morgan fingerprint density at radius 1 is 1.02 bits per heavy atom. The number of halogens is 3. The fourth-order valence-corrected chi connectivity index (χ4v) is 8.89. The molecule has 3 aliphatic rings. The summed E-state index contributed by atoms with van der Waals surface area (Å²) in [5, 5.41) is 17.7. The van der Waals surface area contributed by atoms with Crippen molar-refractivity contribution in [1.82, 2.24) is 15.1 Å². The number of amides is 4. The highest BCUT2D eigenvalue weighted by molar-refractivity contribution is 7.81. The molecule has 3 aromatic carbocycles. The van der Waals surface area contributed by atoms with E-state index >= 15 is 0 Å². The van der Waals surface area contributed by atoms with Crippen LogP contribution in [0.3, 0.4) is 0 Å². The van der Waals surface area contributed by atoms with E-state index in [4.69, 9.17) is 17.4 Å². The second kappa shape index (κ2) is 17.7. The molecule has 2 unspecified atom stereocenters. The van der Waals surface area contributed by atoms with Crippen molar-refractivity contribution >= 4 is 59.0 Å². The smallest absolute Gasteiger partial charge is 0.417 e. The van der Waals surface area contributed by atoms with Gasteiger partial charge in [0, 0.05) is 60.9 Å². The largest absolute Gasteiger partial charge is 0.492 e. The molecule has 0 bridgehead atoms. The fourth-order valence-electron chi connectivity index (χ4n) is 8.23. The molecular formula is C43H51F3N8O5S. The average molecular weight is 849 g/mol. The van der Waals surface area contributed by atoms with E-state index in [-0.39, 0.29) is 54.4 Å². The molecule has 13 nitrogen and oxygen atoms in total. The maximum absolute atomic E-state index is 13.8. The van der Waals surface area contributed by atoms with Crippen LogP contribution in [0.2, 0.25) is 0 Å². The molecule has 3 aromatic rings. The maximum Gasteiger partial charge on any atom is 0.417 e. The SMILES string of the molecule is CC(C)c1cc(N2C(S)N(c3ccc(C#N)c(C(F)(F)F)c3)C(=O)C2(C)C)ccc1OCCN1C[C@@H](C)N(CC(=O)Nc2cccc(NC3CCC(=O)NC3=O)c2)[C@@H](C)C1. The number of hydrogen-bond donors (Lipinski definition) is 4. The quantitative estimate of drug-likeness (QED) is 0.123. The summed E-state index contributed by atoms with van der Waals surface area (Å²) in [7, 11) is 0. The summed E-state index contributed by atoms with van der Waals surface area (Å²) in [6.07, 6.45) is -4.13. The van der Waals surface area contributed by atoms with Crippen molar-refractivity contribution in [2.24, 2.45) is 0 Å². The van der Waals surface area contributed by atoms with E-state index in [0.29, 0.717) is 42.4 Å². The van der Waals surface area contributed by atoms with E-state index < -0.39 is 40.3 Å². The zero-order chi connectivity index (χ0) is 43.7. The van der Waals surface area contributed by atoms with Crippen LogP contribution in [0.25, 0.3) is 0 Å². The van der Waals surface area contributed by atoms with Crippen LogP contribution in [0.4, 0.5) is 35.9 Å². The van der Waals surface area contributed by atoms with Crippen LogP contribution < -0.4 is 30.5 Å². The summed E-state index contributed by atoms with van der Waals surface area (Å²) in [6, 6.07) is 17.2. The molecule has 4 amide bonds. The van der Waals surface area contributed by atoms with Crippen molar-refractivity contribution in [2.75, 3.05) is 53.2 Å².